The van der Waals surface area contributed by atoms with Crippen molar-refractivity contribution in [3.63, 3.8) is 0 Å². The van der Waals surface area contributed by atoms with Gasteiger partial charge in [-0.3, -0.25) is 9.69 Å². The van der Waals surface area contributed by atoms with E-state index in [1.54, 1.807) is 0 Å². The van der Waals surface area contributed by atoms with Crippen LogP contribution in [-0.4, -0.2) is 43.5 Å². The third kappa shape index (κ3) is 5.18. The Morgan fingerprint density at radius 2 is 1.79 bits per heavy atom. The predicted octanol–water partition coefficient (Wildman–Crippen LogP) is 4.10. The van der Waals surface area contributed by atoms with Gasteiger partial charge in [-0.15, -0.1) is 0 Å². The van der Waals surface area contributed by atoms with Crippen molar-refractivity contribution in [3.8, 4) is 0 Å². The van der Waals surface area contributed by atoms with Crippen LogP contribution in [0.15, 0.2) is 48.5 Å². The van der Waals surface area contributed by atoms with Crippen LogP contribution >= 0.6 is 0 Å². The van der Waals surface area contributed by atoms with Crippen molar-refractivity contribution in [2.24, 2.45) is 5.92 Å². The molecule has 1 N–H and O–H groups in total. The van der Waals surface area contributed by atoms with Crippen LogP contribution in [0.2, 0.25) is 0 Å². The first-order valence-corrected chi connectivity index (χ1v) is 11.1. The Morgan fingerprint density at radius 3 is 2.59 bits per heavy atom. The molecule has 4 rings (SSSR count). The molecule has 0 bridgehead atoms. The van der Waals surface area contributed by atoms with Crippen molar-refractivity contribution in [1.29, 1.82) is 0 Å². The molecule has 4 nitrogen and oxygen atoms in total. The first-order valence-electron chi connectivity index (χ1n) is 11.1. The quantitative estimate of drug-likeness (QED) is 0.722. The average Bonchev–Trinajstić information content (AvgIpc) is 3.16. The van der Waals surface area contributed by atoms with Gasteiger partial charge in [-0.1, -0.05) is 37.3 Å². The van der Waals surface area contributed by atoms with Crippen molar-refractivity contribution >= 4 is 11.6 Å². The Morgan fingerprint density at radius 1 is 1.03 bits per heavy atom. The zero-order valence-electron chi connectivity index (χ0n) is 17.6. The number of nitrogens with zero attached hydrogens (tertiary/aromatic N) is 2. The number of nitrogens with one attached hydrogen (secondary N) is 1. The van der Waals surface area contributed by atoms with Crippen LogP contribution in [0.1, 0.15) is 47.7 Å². The largest absolute Gasteiger partial charge is 0.371 e. The van der Waals surface area contributed by atoms with Crippen molar-refractivity contribution < 1.29 is 4.79 Å². The molecule has 0 unspecified atom stereocenters. The van der Waals surface area contributed by atoms with Gasteiger partial charge in [0.15, 0.2) is 0 Å². The van der Waals surface area contributed by atoms with Gasteiger partial charge in [0.1, 0.15) is 0 Å². The number of carbonyl (C=O) groups excluding carboxylic acids is 1. The average molecular weight is 392 g/mol. The molecule has 0 saturated carbocycles. The van der Waals surface area contributed by atoms with Crippen LogP contribution in [-0.2, 0) is 13.0 Å². The Kier molecular flexibility index (Phi) is 6.50. The highest BCUT2D eigenvalue weighted by atomic mass is 16.1. The fourth-order valence-electron chi connectivity index (χ4n) is 4.45. The molecule has 0 aliphatic carbocycles. The zero-order valence-corrected chi connectivity index (χ0v) is 17.6. The summed E-state index contributed by atoms with van der Waals surface area (Å²) in [6.07, 6.45) is 4.68. The first-order chi connectivity index (χ1) is 14.2. The second-order valence-electron chi connectivity index (χ2n) is 8.63. The number of rotatable bonds is 7. The van der Waals surface area contributed by atoms with Crippen molar-refractivity contribution in [2.45, 2.75) is 39.2 Å². The smallest absolute Gasteiger partial charge is 0.251 e. The van der Waals surface area contributed by atoms with E-state index >= 15 is 0 Å². The van der Waals surface area contributed by atoms with Gasteiger partial charge < -0.3 is 10.2 Å². The van der Waals surface area contributed by atoms with E-state index in [2.05, 4.69) is 58.4 Å². The zero-order chi connectivity index (χ0) is 20.1. The van der Waals surface area contributed by atoms with Gasteiger partial charge in [0.25, 0.3) is 5.91 Å². The lowest BCUT2D eigenvalue weighted by Crippen LogP contribution is -2.32. The number of likely N-dealkylation sites (tertiary alicyclic amines) is 1. The van der Waals surface area contributed by atoms with Crippen LogP contribution < -0.4 is 10.2 Å². The summed E-state index contributed by atoms with van der Waals surface area (Å²) in [7, 11) is 0. The maximum atomic E-state index is 12.4. The second kappa shape index (κ2) is 9.45. The molecule has 1 amide bonds. The molecule has 29 heavy (non-hydrogen) atoms. The maximum Gasteiger partial charge on any atom is 0.251 e. The molecular weight excluding hydrogens is 358 g/mol. The minimum absolute atomic E-state index is 0.0326. The van der Waals surface area contributed by atoms with Gasteiger partial charge in [-0.2, -0.15) is 0 Å². The van der Waals surface area contributed by atoms with Crippen LogP contribution in [0.4, 0.5) is 5.69 Å². The van der Waals surface area contributed by atoms with E-state index < -0.39 is 0 Å². The standard InChI is InChI=1S/C25H33N3O/c1-20-11-16-27(17-12-20)19-21-7-9-23(10-8-21)25(29)26-14-4-15-28-18-13-22-5-2-3-6-24(22)28/h2-3,5-10,20H,4,11-19H2,1H3,(H,26,29). The molecule has 0 spiro atoms. The number of para-hydroxylation sites is 1. The van der Waals surface area contributed by atoms with Crippen molar-refractivity contribution in [2.75, 3.05) is 37.6 Å². The fourth-order valence-corrected chi connectivity index (χ4v) is 4.45. The number of benzene rings is 2. The number of hydrogen-bond acceptors (Lipinski definition) is 3. The molecule has 154 valence electrons. The van der Waals surface area contributed by atoms with E-state index in [0.29, 0.717) is 6.54 Å². The van der Waals surface area contributed by atoms with E-state index in [1.165, 1.54) is 42.7 Å². The number of hydrogen-bond donors (Lipinski definition) is 1. The molecule has 2 aliphatic heterocycles. The molecule has 2 aromatic rings. The summed E-state index contributed by atoms with van der Waals surface area (Å²) < 4.78 is 0. The summed E-state index contributed by atoms with van der Waals surface area (Å²) in [4.78, 5) is 17.4. The molecule has 2 aliphatic rings. The normalized spacial score (nSPS) is 17.3. The molecule has 0 atom stereocenters. The lowest BCUT2D eigenvalue weighted by Gasteiger charge is -2.30. The molecule has 4 heteroatoms. The van der Waals surface area contributed by atoms with Gasteiger partial charge in [0.2, 0.25) is 0 Å². The molecule has 1 saturated heterocycles. The number of amides is 1. The summed E-state index contributed by atoms with van der Waals surface area (Å²) >= 11 is 0. The predicted molar refractivity (Wildman–Crippen MR) is 119 cm³/mol. The monoisotopic (exact) mass is 391 g/mol. The Bertz CT molecular complexity index is 809. The fraction of sp³-hybridized carbons (Fsp3) is 0.480. The number of anilines is 1. The summed E-state index contributed by atoms with van der Waals surface area (Å²) in [6.45, 7) is 8.50. The van der Waals surface area contributed by atoms with Gasteiger partial charge in [0.05, 0.1) is 0 Å². The Hall–Kier alpha value is -2.33. The van der Waals surface area contributed by atoms with Crippen LogP contribution in [0.3, 0.4) is 0 Å². The summed E-state index contributed by atoms with van der Waals surface area (Å²) in [5.41, 5.74) is 4.85. The molecule has 2 heterocycles. The summed E-state index contributed by atoms with van der Waals surface area (Å²) in [6, 6.07) is 16.8. The lowest BCUT2D eigenvalue weighted by atomic mass is 9.99. The molecule has 0 radical (unpaired) electrons. The van der Waals surface area contributed by atoms with Crippen LogP contribution in [0.5, 0.6) is 0 Å². The highest BCUT2D eigenvalue weighted by Crippen LogP contribution is 2.27. The van der Waals surface area contributed by atoms with E-state index in [4.69, 9.17) is 0 Å². The molecule has 0 aromatic heterocycles. The van der Waals surface area contributed by atoms with Gasteiger partial charge in [0, 0.05) is 37.4 Å². The second-order valence-corrected chi connectivity index (χ2v) is 8.63. The maximum absolute atomic E-state index is 12.4. The van der Waals surface area contributed by atoms with E-state index in [-0.39, 0.29) is 5.91 Å². The summed E-state index contributed by atoms with van der Waals surface area (Å²) in [5, 5.41) is 3.08. The minimum Gasteiger partial charge on any atom is -0.371 e. The molecule has 1 fully saturated rings. The van der Waals surface area contributed by atoms with Gasteiger partial charge in [-0.25, -0.2) is 0 Å². The minimum atomic E-state index is 0.0326. The number of piperidine rings is 1. The lowest BCUT2D eigenvalue weighted by molar-refractivity contribution is 0.0953. The Balaban J connectivity index is 1.19. The molecule has 2 aromatic carbocycles. The SMILES string of the molecule is CC1CCN(Cc2ccc(C(=O)NCCCN3CCc4ccccc43)cc2)CC1. The van der Waals surface area contributed by atoms with Crippen LogP contribution in [0.25, 0.3) is 0 Å². The topological polar surface area (TPSA) is 35.6 Å². The van der Waals surface area contributed by atoms with E-state index in [9.17, 15) is 4.79 Å². The van der Waals surface area contributed by atoms with E-state index in [0.717, 1.165) is 44.0 Å². The van der Waals surface area contributed by atoms with Gasteiger partial charge in [-0.05, 0) is 74.0 Å². The van der Waals surface area contributed by atoms with Gasteiger partial charge >= 0.3 is 0 Å². The number of carbonyl (C=O) groups is 1. The Labute approximate surface area is 174 Å². The highest BCUT2D eigenvalue weighted by Gasteiger charge is 2.18. The van der Waals surface area contributed by atoms with Crippen molar-refractivity contribution in [3.05, 3.63) is 65.2 Å². The number of fused-ring (bicyclic) bond motifs is 1. The van der Waals surface area contributed by atoms with E-state index in [1.807, 2.05) is 12.1 Å². The third-order valence-electron chi connectivity index (χ3n) is 6.37. The highest BCUT2D eigenvalue weighted by molar-refractivity contribution is 5.94. The summed E-state index contributed by atoms with van der Waals surface area (Å²) in [5.74, 6) is 0.891. The third-order valence-corrected chi connectivity index (χ3v) is 6.37. The first kappa shape index (κ1) is 20.0. The van der Waals surface area contributed by atoms with Crippen molar-refractivity contribution in [1.82, 2.24) is 10.2 Å². The molecular formula is C25H33N3O. The van der Waals surface area contributed by atoms with Crippen LogP contribution in [0, 0.1) is 5.92 Å².